The van der Waals surface area contributed by atoms with E-state index in [4.69, 9.17) is 10.8 Å². The fourth-order valence-electron chi connectivity index (χ4n) is 2.51. The topological polar surface area (TPSA) is 63.3 Å². The summed E-state index contributed by atoms with van der Waals surface area (Å²) in [6.45, 7) is 6.25. The lowest BCUT2D eigenvalue weighted by Gasteiger charge is -2.53. The third-order valence-electron chi connectivity index (χ3n) is 3.60. The second kappa shape index (κ2) is 3.29. The van der Waals surface area contributed by atoms with Gasteiger partial charge in [-0.15, -0.1) is 0 Å². The van der Waals surface area contributed by atoms with Crippen molar-refractivity contribution in [2.24, 2.45) is 23.0 Å². The van der Waals surface area contributed by atoms with Crippen LogP contribution in [0.15, 0.2) is 0 Å². The first kappa shape index (κ1) is 10.5. The Morgan fingerprint density at radius 1 is 1.69 bits per heavy atom. The number of hydrogen-bond donors (Lipinski definition) is 2. The van der Waals surface area contributed by atoms with Gasteiger partial charge in [-0.2, -0.15) is 0 Å². The quantitative estimate of drug-likeness (QED) is 0.699. The van der Waals surface area contributed by atoms with E-state index in [9.17, 15) is 4.79 Å². The Balaban J connectivity index is 2.54. The Hall–Kier alpha value is -0.570. The normalized spacial score (nSPS) is 33.5. The minimum Gasteiger partial charge on any atom is -0.481 e. The summed E-state index contributed by atoms with van der Waals surface area (Å²) >= 11 is 0. The van der Waals surface area contributed by atoms with Crippen LogP contribution in [0.3, 0.4) is 0 Å². The molecule has 0 bridgehead atoms. The van der Waals surface area contributed by atoms with Crippen molar-refractivity contribution in [1.82, 2.24) is 0 Å². The van der Waals surface area contributed by atoms with E-state index >= 15 is 0 Å². The fourth-order valence-corrected chi connectivity index (χ4v) is 2.51. The number of nitrogens with two attached hydrogens (primary N) is 1. The van der Waals surface area contributed by atoms with E-state index in [1.54, 1.807) is 0 Å². The Morgan fingerprint density at radius 2 is 2.23 bits per heavy atom. The zero-order chi connectivity index (χ0) is 10.2. The van der Waals surface area contributed by atoms with Crippen LogP contribution >= 0.6 is 0 Å². The first-order valence-electron chi connectivity index (χ1n) is 4.83. The molecule has 0 aromatic carbocycles. The van der Waals surface area contributed by atoms with Crippen molar-refractivity contribution in [3.05, 3.63) is 0 Å². The molecule has 0 spiro atoms. The molecule has 0 aliphatic heterocycles. The molecule has 1 fully saturated rings. The van der Waals surface area contributed by atoms with Crippen LogP contribution in [0.4, 0.5) is 0 Å². The lowest BCUT2D eigenvalue weighted by molar-refractivity contribution is -0.143. The lowest BCUT2D eigenvalue weighted by atomic mass is 9.52. The van der Waals surface area contributed by atoms with Crippen LogP contribution in [0.5, 0.6) is 0 Å². The van der Waals surface area contributed by atoms with Gasteiger partial charge in [0.15, 0.2) is 0 Å². The maximum Gasteiger partial charge on any atom is 0.303 e. The van der Waals surface area contributed by atoms with Crippen molar-refractivity contribution in [3.63, 3.8) is 0 Å². The molecule has 0 aromatic rings. The Kier molecular flexibility index (Phi) is 2.66. The Bertz CT molecular complexity index is 211. The summed E-state index contributed by atoms with van der Waals surface area (Å²) < 4.78 is 0. The molecule has 0 saturated heterocycles. The molecule has 3 atom stereocenters. The Labute approximate surface area is 79.3 Å². The maximum absolute atomic E-state index is 10.5. The summed E-state index contributed by atoms with van der Waals surface area (Å²) in [4.78, 5) is 10.5. The summed E-state index contributed by atoms with van der Waals surface area (Å²) in [6, 6.07) is 0.181. The van der Waals surface area contributed by atoms with Crippen molar-refractivity contribution in [2.45, 2.75) is 39.7 Å². The van der Waals surface area contributed by atoms with Crippen LogP contribution in [0, 0.1) is 17.3 Å². The van der Waals surface area contributed by atoms with Crippen molar-refractivity contribution in [2.75, 3.05) is 0 Å². The molecule has 76 valence electrons. The summed E-state index contributed by atoms with van der Waals surface area (Å²) in [7, 11) is 0. The van der Waals surface area contributed by atoms with Crippen molar-refractivity contribution >= 4 is 5.97 Å². The number of rotatable bonds is 3. The molecule has 3 N–H and O–H groups in total. The van der Waals surface area contributed by atoms with Crippen LogP contribution < -0.4 is 5.73 Å². The van der Waals surface area contributed by atoms with E-state index in [0.29, 0.717) is 11.8 Å². The first-order chi connectivity index (χ1) is 5.85. The molecule has 1 saturated carbocycles. The largest absolute Gasteiger partial charge is 0.481 e. The van der Waals surface area contributed by atoms with Gasteiger partial charge in [0.1, 0.15) is 0 Å². The number of carbonyl (C=O) groups is 1. The highest BCUT2D eigenvalue weighted by molar-refractivity contribution is 5.67. The molecular weight excluding hydrogens is 166 g/mol. The van der Waals surface area contributed by atoms with Crippen LogP contribution in [0.25, 0.3) is 0 Å². The molecular formula is C10H19NO2. The van der Waals surface area contributed by atoms with Crippen LogP contribution in [-0.2, 0) is 4.79 Å². The predicted octanol–water partition coefficient (Wildman–Crippen LogP) is 1.47. The van der Waals surface area contributed by atoms with Gasteiger partial charge in [-0.3, -0.25) is 4.79 Å². The smallest absolute Gasteiger partial charge is 0.303 e. The average molecular weight is 185 g/mol. The average Bonchev–Trinajstić information content (AvgIpc) is 1.96. The van der Waals surface area contributed by atoms with Gasteiger partial charge in [0.25, 0.3) is 0 Å². The summed E-state index contributed by atoms with van der Waals surface area (Å²) in [5, 5.41) is 8.67. The van der Waals surface area contributed by atoms with E-state index in [2.05, 4.69) is 13.8 Å². The molecule has 0 radical (unpaired) electrons. The SMILES string of the molecule is CC(N)[C@H]1C[C@@H](CC(=O)O)C1(C)C. The zero-order valence-electron chi connectivity index (χ0n) is 8.58. The molecule has 1 unspecified atom stereocenters. The number of aliphatic carboxylic acids is 1. The number of carboxylic acid groups (broad SMARTS) is 1. The maximum atomic E-state index is 10.5. The highest BCUT2D eigenvalue weighted by Crippen LogP contribution is 2.53. The standard InChI is InChI=1S/C10H19NO2/c1-6(11)8-4-7(5-9(12)13)10(8,2)3/h6-8H,4-5,11H2,1-3H3,(H,12,13)/t6?,7-,8+/m0/s1. The molecule has 1 aliphatic carbocycles. The fraction of sp³-hybridized carbons (Fsp3) is 0.900. The van der Waals surface area contributed by atoms with Gasteiger partial charge in [0.2, 0.25) is 0 Å². The predicted molar refractivity (Wildman–Crippen MR) is 51.3 cm³/mol. The van der Waals surface area contributed by atoms with E-state index in [0.717, 1.165) is 6.42 Å². The van der Waals surface area contributed by atoms with Gasteiger partial charge >= 0.3 is 5.97 Å². The number of hydrogen-bond acceptors (Lipinski definition) is 2. The van der Waals surface area contributed by atoms with Gasteiger partial charge in [0, 0.05) is 12.5 Å². The molecule has 0 amide bonds. The van der Waals surface area contributed by atoms with E-state index < -0.39 is 5.97 Å². The van der Waals surface area contributed by atoms with Crippen LogP contribution in [0.2, 0.25) is 0 Å². The van der Waals surface area contributed by atoms with Crippen LogP contribution in [-0.4, -0.2) is 17.1 Å². The van der Waals surface area contributed by atoms with Crippen LogP contribution in [0.1, 0.15) is 33.6 Å². The van der Waals surface area contributed by atoms with Crippen molar-refractivity contribution < 1.29 is 9.90 Å². The highest BCUT2D eigenvalue weighted by Gasteiger charge is 2.49. The van der Waals surface area contributed by atoms with Crippen molar-refractivity contribution in [1.29, 1.82) is 0 Å². The third kappa shape index (κ3) is 1.85. The molecule has 0 heterocycles. The highest BCUT2D eigenvalue weighted by atomic mass is 16.4. The van der Waals surface area contributed by atoms with Gasteiger partial charge in [-0.1, -0.05) is 13.8 Å². The minimum atomic E-state index is -0.693. The summed E-state index contributed by atoms with van der Waals surface area (Å²) in [6.07, 6.45) is 1.26. The van der Waals surface area contributed by atoms with Gasteiger partial charge in [-0.25, -0.2) is 0 Å². The monoisotopic (exact) mass is 185 g/mol. The first-order valence-corrected chi connectivity index (χ1v) is 4.83. The zero-order valence-corrected chi connectivity index (χ0v) is 8.58. The molecule has 3 nitrogen and oxygen atoms in total. The molecule has 0 aromatic heterocycles. The van der Waals surface area contributed by atoms with E-state index in [1.807, 2.05) is 6.92 Å². The summed E-state index contributed by atoms with van der Waals surface area (Å²) in [5.74, 6) is 0.0963. The lowest BCUT2D eigenvalue weighted by Crippen LogP contribution is -2.52. The number of carboxylic acids is 1. The van der Waals surface area contributed by atoms with Gasteiger partial charge in [-0.05, 0) is 30.6 Å². The molecule has 1 rings (SSSR count). The minimum absolute atomic E-state index is 0.104. The second-order valence-corrected chi connectivity index (χ2v) is 4.82. The molecule has 3 heteroatoms. The van der Waals surface area contributed by atoms with Crippen molar-refractivity contribution in [3.8, 4) is 0 Å². The summed E-state index contributed by atoms with van der Waals surface area (Å²) in [5.41, 5.74) is 5.92. The molecule has 1 aliphatic rings. The third-order valence-corrected chi connectivity index (χ3v) is 3.60. The van der Waals surface area contributed by atoms with Gasteiger partial charge < -0.3 is 10.8 Å². The van der Waals surface area contributed by atoms with Gasteiger partial charge in [0.05, 0.1) is 0 Å². The second-order valence-electron chi connectivity index (χ2n) is 4.82. The molecule has 13 heavy (non-hydrogen) atoms. The van der Waals surface area contributed by atoms with E-state index in [1.165, 1.54) is 0 Å². The Morgan fingerprint density at radius 3 is 2.54 bits per heavy atom. The van der Waals surface area contributed by atoms with E-state index in [-0.39, 0.29) is 17.9 Å².